The minimum atomic E-state index is -0.972. The largest absolute Gasteiger partial charge is 0.480 e. The average Bonchev–Trinajstić information content (AvgIpc) is 2.87. The highest BCUT2D eigenvalue weighted by Gasteiger charge is 2.20. The van der Waals surface area contributed by atoms with E-state index < -0.39 is 12.0 Å². The van der Waals surface area contributed by atoms with Gasteiger partial charge in [-0.2, -0.15) is 0 Å². The molecule has 0 aliphatic heterocycles. The predicted octanol–water partition coefficient (Wildman–Crippen LogP) is 3.12. The highest BCUT2D eigenvalue weighted by Crippen LogP contribution is 2.30. The molecule has 128 valence electrons. The molecule has 1 amide bonds. The van der Waals surface area contributed by atoms with Crippen LogP contribution < -0.4 is 5.32 Å². The third kappa shape index (κ3) is 4.53. The van der Waals surface area contributed by atoms with E-state index in [4.69, 9.17) is 16.7 Å². The number of aryl methyl sites for hydroxylation is 1. The van der Waals surface area contributed by atoms with Gasteiger partial charge in [0.25, 0.3) is 0 Å². The van der Waals surface area contributed by atoms with Crippen molar-refractivity contribution >= 4 is 39.9 Å². The molecule has 0 saturated carbocycles. The van der Waals surface area contributed by atoms with Gasteiger partial charge in [0.1, 0.15) is 6.04 Å². The second-order valence-corrected chi connectivity index (χ2v) is 7.05. The van der Waals surface area contributed by atoms with E-state index in [1.54, 1.807) is 19.2 Å². The van der Waals surface area contributed by atoms with Gasteiger partial charge in [0.05, 0.1) is 12.2 Å². The third-order valence-corrected chi connectivity index (χ3v) is 4.71. The van der Waals surface area contributed by atoms with Crippen molar-refractivity contribution in [1.82, 2.24) is 9.88 Å². The van der Waals surface area contributed by atoms with E-state index in [9.17, 15) is 9.59 Å². The normalized spacial score (nSPS) is 12.2. The zero-order valence-corrected chi connectivity index (χ0v) is 15.1. The number of thiazole rings is 1. The molecule has 1 aromatic heterocycles. The number of amides is 1. The Morgan fingerprint density at radius 1 is 1.38 bits per heavy atom. The molecule has 2 N–H and O–H groups in total. The fourth-order valence-electron chi connectivity index (χ4n) is 2.04. The van der Waals surface area contributed by atoms with Crippen LogP contribution in [-0.2, 0) is 9.59 Å². The minimum Gasteiger partial charge on any atom is -0.480 e. The summed E-state index contributed by atoms with van der Waals surface area (Å²) in [5.41, 5.74) is 1.71. The van der Waals surface area contributed by atoms with E-state index >= 15 is 0 Å². The van der Waals surface area contributed by atoms with Crippen molar-refractivity contribution in [3.05, 3.63) is 34.2 Å². The molecule has 1 aromatic carbocycles. The molecule has 24 heavy (non-hydrogen) atoms. The fraction of sp³-hybridized carbons (Fsp3) is 0.312. The number of aromatic nitrogens is 1. The molecule has 1 heterocycles. The predicted molar refractivity (Wildman–Crippen MR) is 95.7 cm³/mol. The zero-order valence-electron chi connectivity index (χ0n) is 13.5. The number of anilines is 1. The maximum absolute atomic E-state index is 12.1. The van der Waals surface area contributed by atoms with Crippen molar-refractivity contribution in [3.8, 4) is 11.3 Å². The lowest BCUT2D eigenvalue weighted by molar-refractivity contribution is -0.142. The summed E-state index contributed by atoms with van der Waals surface area (Å²) in [4.78, 5) is 29.8. The van der Waals surface area contributed by atoms with Crippen LogP contribution in [0.5, 0.6) is 0 Å². The Morgan fingerprint density at radius 2 is 2.00 bits per heavy atom. The Bertz CT molecular complexity index is 746. The molecule has 8 heteroatoms. The highest BCUT2D eigenvalue weighted by molar-refractivity contribution is 7.16. The van der Waals surface area contributed by atoms with Crippen LogP contribution in [0.2, 0.25) is 5.02 Å². The van der Waals surface area contributed by atoms with Crippen LogP contribution in [0.1, 0.15) is 11.8 Å². The van der Waals surface area contributed by atoms with Gasteiger partial charge in [0.15, 0.2) is 5.13 Å². The molecule has 0 saturated heterocycles. The van der Waals surface area contributed by atoms with Crippen molar-refractivity contribution in [2.75, 3.05) is 18.9 Å². The molecular weight excluding hydrogens is 350 g/mol. The lowest BCUT2D eigenvalue weighted by atomic mass is 10.1. The van der Waals surface area contributed by atoms with Gasteiger partial charge < -0.3 is 10.4 Å². The van der Waals surface area contributed by atoms with Crippen LogP contribution in [0.4, 0.5) is 5.13 Å². The molecule has 0 spiro atoms. The first-order chi connectivity index (χ1) is 11.3. The summed E-state index contributed by atoms with van der Waals surface area (Å²) in [6.45, 7) is 3.43. The van der Waals surface area contributed by atoms with Gasteiger partial charge in [-0.1, -0.05) is 23.7 Å². The molecule has 0 aliphatic rings. The molecule has 0 fully saturated rings. The number of aliphatic carboxylic acids is 1. The molecule has 1 unspecified atom stereocenters. The van der Waals surface area contributed by atoms with Crippen molar-refractivity contribution in [2.45, 2.75) is 19.9 Å². The molecule has 0 aliphatic carbocycles. The van der Waals surface area contributed by atoms with Gasteiger partial charge >= 0.3 is 5.97 Å². The maximum atomic E-state index is 12.1. The number of rotatable bonds is 6. The molecule has 6 nitrogen and oxygen atoms in total. The number of hydrogen-bond donors (Lipinski definition) is 2. The highest BCUT2D eigenvalue weighted by atomic mass is 35.5. The smallest absolute Gasteiger partial charge is 0.320 e. The zero-order chi connectivity index (χ0) is 17.9. The van der Waals surface area contributed by atoms with Gasteiger partial charge in [-0.25, -0.2) is 4.98 Å². The number of nitrogens with one attached hydrogen (secondary N) is 1. The van der Waals surface area contributed by atoms with E-state index in [0.29, 0.717) is 10.2 Å². The van der Waals surface area contributed by atoms with Gasteiger partial charge in [-0.15, -0.1) is 11.3 Å². The van der Waals surface area contributed by atoms with Gasteiger partial charge in [-0.05, 0) is 33.0 Å². The van der Waals surface area contributed by atoms with E-state index in [1.807, 2.05) is 19.1 Å². The van der Waals surface area contributed by atoms with Crippen molar-refractivity contribution in [2.24, 2.45) is 0 Å². The van der Waals surface area contributed by atoms with E-state index in [2.05, 4.69) is 10.3 Å². The Morgan fingerprint density at radius 3 is 2.58 bits per heavy atom. The number of nitrogens with zero attached hydrogens (tertiary/aromatic N) is 2. The average molecular weight is 368 g/mol. The van der Waals surface area contributed by atoms with Crippen LogP contribution in [0.3, 0.4) is 0 Å². The van der Waals surface area contributed by atoms with Gasteiger partial charge in [0.2, 0.25) is 5.91 Å². The number of halogens is 1. The Labute approximate surface area is 149 Å². The molecule has 1 atom stereocenters. The number of likely N-dealkylation sites (N-methyl/N-ethyl adjacent to an activating group) is 1. The van der Waals surface area contributed by atoms with Gasteiger partial charge in [0, 0.05) is 15.5 Å². The number of carbonyl (C=O) groups is 2. The summed E-state index contributed by atoms with van der Waals surface area (Å²) in [5, 5.41) is 12.8. The number of benzene rings is 1. The second kappa shape index (κ2) is 7.74. The fourth-order valence-corrected chi connectivity index (χ4v) is 3.01. The third-order valence-electron chi connectivity index (χ3n) is 3.57. The summed E-state index contributed by atoms with van der Waals surface area (Å²) in [6, 6.07) is 6.58. The molecule has 2 rings (SSSR count). The molecule has 0 bridgehead atoms. The summed E-state index contributed by atoms with van der Waals surface area (Å²) in [6.07, 6.45) is 0. The number of carboxylic acid groups (broad SMARTS) is 1. The SMILES string of the molecule is Cc1sc(NC(=O)CN(C)C(C)C(=O)O)nc1-c1ccc(Cl)cc1. The number of carboxylic acids is 1. The minimum absolute atomic E-state index is 0.0254. The summed E-state index contributed by atoms with van der Waals surface area (Å²) < 4.78 is 0. The van der Waals surface area contributed by atoms with E-state index in [0.717, 1.165) is 16.1 Å². The molecule has 2 aromatic rings. The van der Waals surface area contributed by atoms with Crippen LogP contribution in [0, 0.1) is 6.92 Å². The maximum Gasteiger partial charge on any atom is 0.320 e. The summed E-state index contributed by atoms with van der Waals surface area (Å²) in [7, 11) is 1.59. The monoisotopic (exact) mass is 367 g/mol. The quantitative estimate of drug-likeness (QED) is 0.819. The van der Waals surface area contributed by atoms with Crippen LogP contribution >= 0.6 is 22.9 Å². The van der Waals surface area contributed by atoms with Crippen LogP contribution in [0.25, 0.3) is 11.3 Å². The lowest BCUT2D eigenvalue weighted by Gasteiger charge is -2.19. The van der Waals surface area contributed by atoms with Crippen LogP contribution in [-0.4, -0.2) is 46.5 Å². The standard InChI is InChI=1S/C16H18ClN3O3S/c1-9(15(22)23)20(3)8-13(21)18-16-19-14(10(2)24-16)11-4-6-12(17)7-5-11/h4-7,9H,8H2,1-3H3,(H,22,23)(H,18,19,21). The Hall–Kier alpha value is -1.96. The first-order valence-corrected chi connectivity index (χ1v) is 8.43. The van der Waals surface area contributed by atoms with Crippen molar-refractivity contribution in [3.63, 3.8) is 0 Å². The Balaban J connectivity index is 2.06. The second-order valence-electron chi connectivity index (χ2n) is 5.41. The van der Waals surface area contributed by atoms with E-state index in [1.165, 1.54) is 23.2 Å². The van der Waals surface area contributed by atoms with Crippen molar-refractivity contribution in [1.29, 1.82) is 0 Å². The first-order valence-electron chi connectivity index (χ1n) is 7.24. The van der Waals surface area contributed by atoms with Crippen molar-refractivity contribution < 1.29 is 14.7 Å². The summed E-state index contributed by atoms with van der Waals surface area (Å²) >= 11 is 7.26. The van der Waals surface area contributed by atoms with Gasteiger partial charge in [-0.3, -0.25) is 14.5 Å². The number of carbonyl (C=O) groups excluding carboxylic acids is 1. The van der Waals surface area contributed by atoms with E-state index in [-0.39, 0.29) is 12.5 Å². The summed E-state index contributed by atoms with van der Waals surface area (Å²) in [5.74, 6) is -1.28. The topological polar surface area (TPSA) is 82.5 Å². The number of hydrogen-bond acceptors (Lipinski definition) is 5. The Kier molecular flexibility index (Phi) is 5.93. The first kappa shape index (κ1) is 18.4. The van der Waals surface area contributed by atoms with Crippen LogP contribution in [0.15, 0.2) is 24.3 Å². The molecule has 0 radical (unpaired) electrons. The lowest BCUT2D eigenvalue weighted by Crippen LogP contribution is -2.40. The molecular formula is C16H18ClN3O3S.